The molecule has 1 aromatic heterocycles. The average Bonchev–Trinajstić information content (AvgIpc) is 3.23. The number of carbonyl (C=O) groups is 3. The van der Waals surface area contributed by atoms with Crippen molar-refractivity contribution in [3.63, 3.8) is 0 Å². The van der Waals surface area contributed by atoms with Gasteiger partial charge in [-0.05, 0) is 74.6 Å². The van der Waals surface area contributed by atoms with Gasteiger partial charge >= 0.3 is 6.03 Å². The molecule has 168 valence electrons. The van der Waals surface area contributed by atoms with Crippen LogP contribution in [0.15, 0.2) is 54.6 Å². The number of hydrogen-bond donors (Lipinski definition) is 1. The van der Waals surface area contributed by atoms with Gasteiger partial charge < -0.3 is 9.88 Å². The fourth-order valence-electron chi connectivity index (χ4n) is 5.22. The van der Waals surface area contributed by atoms with E-state index in [2.05, 4.69) is 5.32 Å². The molecule has 2 aromatic carbocycles. The molecular weight excluding hydrogens is 421 g/mol. The second kappa shape index (κ2) is 7.69. The Morgan fingerprint density at radius 3 is 2.58 bits per heavy atom. The lowest BCUT2D eigenvalue weighted by Gasteiger charge is -2.33. The molecule has 1 N–H and O–H groups in total. The maximum absolute atomic E-state index is 13.5. The Balaban J connectivity index is 1.44. The van der Waals surface area contributed by atoms with Gasteiger partial charge in [-0.1, -0.05) is 24.3 Å². The Hall–Kier alpha value is -3.74. The summed E-state index contributed by atoms with van der Waals surface area (Å²) in [7, 11) is 0. The van der Waals surface area contributed by atoms with Gasteiger partial charge in [-0.2, -0.15) is 0 Å². The Kier molecular flexibility index (Phi) is 4.92. The molecule has 1 spiro atoms. The molecule has 2 aliphatic rings. The van der Waals surface area contributed by atoms with Crippen molar-refractivity contribution in [3.8, 4) is 5.69 Å². The minimum Gasteiger partial charge on any atom is -0.319 e. The number of amides is 3. The van der Waals surface area contributed by atoms with Gasteiger partial charge in [-0.3, -0.25) is 14.5 Å². The highest BCUT2D eigenvalue weighted by Crippen LogP contribution is 2.40. The largest absolute Gasteiger partial charge is 0.325 e. The smallest absolute Gasteiger partial charge is 0.319 e. The fraction of sp³-hybridized carbons (Fsp3) is 0.269. The standard InChI is InChI=1S/C26H24FN3O3/c1-16-14-21(17(2)30(16)20-11-9-19(27)10-12-20)23(31)15-29-24(32)26(28-25(29)33)13-5-7-18-6-3-4-8-22(18)26/h3-4,6,8-12,14H,5,7,13,15H2,1-2H3,(H,28,33). The molecule has 1 saturated heterocycles. The number of benzene rings is 2. The zero-order chi connectivity index (χ0) is 23.3. The number of aromatic nitrogens is 1. The molecule has 0 radical (unpaired) electrons. The summed E-state index contributed by atoms with van der Waals surface area (Å²) in [5.74, 6) is -1.03. The molecule has 3 aromatic rings. The third kappa shape index (κ3) is 3.26. The highest BCUT2D eigenvalue weighted by molar-refractivity contribution is 6.12. The number of rotatable bonds is 4. The number of halogens is 1. The van der Waals surface area contributed by atoms with Crippen molar-refractivity contribution in [3.05, 3.63) is 88.5 Å². The van der Waals surface area contributed by atoms with Gasteiger partial charge in [-0.25, -0.2) is 9.18 Å². The van der Waals surface area contributed by atoms with Crippen LogP contribution in [0.5, 0.6) is 0 Å². The number of hydrogen-bond acceptors (Lipinski definition) is 3. The van der Waals surface area contributed by atoms with Crippen molar-refractivity contribution in [2.75, 3.05) is 6.54 Å². The zero-order valence-electron chi connectivity index (χ0n) is 18.5. The Bertz CT molecular complexity index is 1290. The van der Waals surface area contributed by atoms with E-state index in [0.717, 1.165) is 40.2 Å². The number of imide groups is 1. The van der Waals surface area contributed by atoms with Gasteiger partial charge in [-0.15, -0.1) is 0 Å². The molecule has 1 atom stereocenters. The molecule has 6 nitrogen and oxygen atoms in total. The molecule has 33 heavy (non-hydrogen) atoms. The molecule has 1 aliphatic carbocycles. The lowest BCUT2D eigenvalue weighted by molar-refractivity contribution is -0.131. The van der Waals surface area contributed by atoms with Crippen LogP contribution in [0.25, 0.3) is 5.69 Å². The normalized spacial score (nSPS) is 19.7. The quantitative estimate of drug-likeness (QED) is 0.483. The van der Waals surface area contributed by atoms with E-state index in [0.29, 0.717) is 17.7 Å². The number of urea groups is 1. The van der Waals surface area contributed by atoms with E-state index in [-0.39, 0.29) is 24.1 Å². The summed E-state index contributed by atoms with van der Waals surface area (Å²) in [6, 6.07) is 14.9. The van der Waals surface area contributed by atoms with Crippen LogP contribution in [0.4, 0.5) is 9.18 Å². The predicted molar refractivity (Wildman–Crippen MR) is 121 cm³/mol. The van der Waals surface area contributed by atoms with Gasteiger partial charge in [0.15, 0.2) is 5.78 Å². The Morgan fingerprint density at radius 1 is 1.09 bits per heavy atom. The number of nitrogens with one attached hydrogen (secondary N) is 1. The van der Waals surface area contributed by atoms with E-state index < -0.39 is 11.6 Å². The highest BCUT2D eigenvalue weighted by Gasteiger charge is 2.54. The SMILES string of the molecule is Cc1cc(C(=O)CN2C(=O)NC3(CCCc4ccccc43)C2=O)c(C)n1-c1ccc(F)cc1. The van der Waals surface area contributed by atoms with E-state index in [9.17, 15) is 18.8 Å². The van der Waals surface area contributed by atoms with Crippen LogP contribution in [-0.2, 0) is 16.8 Å². The number of ketones is 1. The van der Waals surface area contributed by atoms with E-state index in [1.807, 2.05) is 35.8 Å². The third-order valence-corrected chi connectivity index (χ3v) is 6.77. The number of fused-ring (bicyclic) bond motifs is 2. The van der Waals surface area contributed by atoms with Crippen molar-refractivity contribution >= 4 is 17.7 Å². The monoisotopic (exact) mass is 445 g/mol. The molecule has 5 rings (SSSR count). The highest BCUT2D eigenvalue weighted by atomic mass is 19.1. The topological polar surface area (TPSA) is 71.4 Å². The summed E-state index contributed by atoms with van der Waals surface area (Å²) in [4.78, 5) is 40.6. The van der Waals surface area contributed by atoms with Crippen molar-refractivity contribution < 1.29 is 18.8 Å². The van der Waals surface area contributed by atoms with Crippen LogP contribution in [0.3, 0.4) is 0 Å². The number of carbonyl (C=O) groups excluding carboxylic acids is 3. The van der Waals surface area contributed by atoms with Crippen LogP contribution in [0, 0.1) is 19.7 Å². The van der Waals surface area contributed by atoms with E-state index >= 15 is 0 Å². The van der Waals surface area contributed by atoms with Crippen LogP contribution >= 0.6 is 0 Å². The van der Waals surface area contributed by atoms with Gasteiger partial charge in [0.1, 0.15) is 11.4 Å². The number of Topliss-reactive ketones (excluding diaryl/α,β-unsaturated/α-hetero) is 1. The van der Waals surface area contributed by atoms with Crippen LogP contribution in [-0.4, -0.2) is 33.7 Å². The average molecular weight is 445 g/mol. The van der Waals surface area contributed by atoms with Crippen LogP contribution in [0.2, 0.25) is 0 Å². The first-order valence-corrected chi connectivity index (χ1v) is 11.0. The lowest BCUT2D eigenvalue weighted by atomic mass is 9.76. The molecule has 0 bridgehead atoms. The van der Waals surface area contributed by atoms with E-state index in [4.69, 9.17) is 0 Å². The summed E-state index contributed by atoms with van der Waals surface area (Å²) in [6.45, 7) is 3.32. The van der Waals surface area contributed by atoms with E-state index in [1.54, 1.807) is 25.1 Å². The molecule has 0 saturated carbocycles. The summed E-state index contributed by atoms with van der Waals surface area (Å²) in [5.41, 5.74) is 3.41. The van der Waals surface area contributed by atoms with Crippen molar-refractivity contribution in [1.29, 1.82) is 0 Å². The van der Waals surface area contributed by atoms with Crippen molar-refractivity contribution in [2.45, 2.75) is 38.6 Å². The summed E-state index contributed by atoms with van der Waals surface area (Å²) >= 11 is 0. The van der Waals surface area contributed by atoms with E-state index in [1.165, 1.54) is 12.1 Å². The molecule has 1 aliphatic heterocycles. The molecule has 1 fully saturated rings. The Morgan fingerprint density at radius 2 is 1.82 bits per heavy atom. The Labute approximate surface area is 191 Å². The fourth-order valence-corrected chi connectivity index (χ4v) is 5.22. The minimum atomic E-state index is -1.10. The van der Waals surface area contributed by atoms with Gasteiger partial charge in [0.2, 0.25) is 0 Å². The lowest BCUT2D eigenvalue weighted by Crippen LogP contribution is -2.46. The van der Waals surface area contributed by atoms with Gasteiger partial charge in [0.25, 0.3) is 5.91 Å². The molecule has 1 unspecified atom stereocenters. The third-order valence-electron chi connectivity index (χ3n) is 6.77. The second-order valence-electron chi connectivity index (χ2n) is 8.76. The van der Waals surface area contributed by atoms with Crippen LogP contribution < -0.4 is 5.32 Å². The summed E-state index contributed by atoms with van der Waals surface area (Å²) in [5, 5.41) is 2.89. The van der Waals surface area contributed by atoms with Crippen molar-refractivity contribution in [1.82, 2.24) is 14.8 Å². The number of aryl methyl sites for hydroxylation is 2. The van der Waals surface area contributed by atoms with Crippen LogP contribution in [0.1, 0.15) is 45.7 Å². The summed E-state index contributed by atoms with van der Waals surface area (Å²) in [6.07, 6.45) is 2.15. The van der Waals surface area contributed by atoms with Gasteiger partial charge in [0.05, 0.1) is 6.54 Å². The first kappa shape index (κ1) is 21.1. The first-order chi connectivity index (χ1) is 15.8. The molecule has 7 heteroatoms. The minimum absolute atomic E-state index is 0.318. The zero-order valence-corrected chi connectivity index (χ0v) is 18.5. The molecule has 2 heterocycles. The van der Waals surface area contributed by atoms with Gasteiger partial charge in [0, 0.05) is 22.6 Å². The molecular formula is C26H24FN3O3. The molecule has 3 amide bonds. The van der Waals surface area contributed by atoms with Crippen molar-refractivity contribution in [2.24, 2.45) is 0 Å². The predicted octanol–water partition coefficient (Wildman–Crippen LogP) is 4.20. The maximum Gasteiger partial charge on any atom is 0.325 e. The maximum atomic E-state index is 13.5. The summed E-state index contributed by atoms with van der Waals surface area (Å²) < 4.78 is 15.2. The second-order valence-corrected chi connectivity index (χ2v) is 8.76. The number of nitrogens with zero attached hydrogens (tertiary/aromatic N) is 2. The first-order valence-electron chi connectivity index (χ1n) is 11.0.